The quantitative estimate of drug-likeness (QED) is 0.581. The van der Waals surface area contributed by atoms with Crippen molar-refractivity contribution in [3.63, 3.8) is 0 Å². The lowest BCUT2D eigenvalue weighted by Crippen LogP contribution is -2.33. The van der Waals surface area contributed by atoms with Gasteiger partial charge in [0.1, 0.15) is 18.1 Å². The van der Waals surface area contributed by atoms with Crippen LogP contribution in [0.15, 0.2) is 59.2 Å². The number of hydrogen-bond acceptors (Lipinski definition) is 2. The second kappa shape index (κ2) is 7.74. The molecule has 0 atom stereocenters. The van der Waals surface area contributed by atoms with E-state index in [4.69, 9.17) is 11.6 Å². The van der Waals surface area contributed by atoms with Gasteiger partial charge in [-0.25, -0.2) is 4.98 Å². The number of amides is 1. The van der Waals surface area contributed by atoms with Crippen molar-refractivity contribution in [1.82, 2.24) is 14.9 Å². The van der Waals surface area contributed by atoms with Gasteiger partial charge in [0, 0.05) is 21.9 Å². The monoisotopic (exact) mass is 457 g/mol. The van der Waals surface area contributed by atoms with Crippen molar-refractivity contribution in [2.45, 2.75) is 6.18 Å². The van der Waals surface area contributed by atoms with Crippen LogP contribution in [0.4, 0.5) is 13.2 Å². The first-order valence-corrected chi connectivity index (χ1v) is 8.87. The molecule has 1 N–H and O–H groups in total. The predicted molar refractivity (Wildman–Crippen MR) is 100 cm³/mol. The van der Waals surface area contributed by atoms with Gasteiger partial charge in [-0.1, -0.05) is 39.7 Å². The number of rotatable bonds is 4. The summed E-state index contributed by atoms with van der Waals surface area (Å²) in [7, 11) is 0. The molecular formula is C18H12BrClF3N3O. The van der Waals surface area contributed by atoms with Gasteiger partial charge in [0.15, 0.2) is 0 Å². The van der Waals surface area contributed by atoms with E-state index in [1.165, 1.54) is 6.20 Å². The Balaban J connectivity index is 2.05. The van der Waals surface area contributed by atoms with Crippen LogP contribution in [0, 0.1) is 0 Å². The molecule has 0 saturated carbocycles. The summed E-state index contributed by atoms with van der Waals surface area (Å²) in [6.07, 6.45) is -3.12. The Kier molecular flexibility index (Phi) is 5.57. The molecule has 140 valence electrons. The second-order valence-electron chi connectivity index (χ2n) is 5.57. The first-order valence-electron chi connectivity index (χ1n) is 7.70. The van der Waals surface area contributed by atoms with Crippen LogP contribution in [0.3, 0.4) is 0 Å². The highest BCUT2D eigenvalue weighted by molar-refractivity contribution is 9.10. The van der Waals surface area contributed by atoms with E-state index in [0.717, 1.165) is 4.47 Å². The van der Waals surface area contributed by atoms with Gasteiger partial charge in [-0.2, -0.15) is 13.2 Å². The Morgan fingerprint density at radius 3 is 2.44 bits per heavy atom. The molecule has 0 radical (unpaired) electrons. The van der Waals surface area contributed by atoms with E-state index in [-0.39, 0.29) is 5.69 Å². The third-order valence-electron chi connectivity index (χ3n) is 3.61. The van der Waals surface area contributed by atoms with E-state index in [9.17, 15) is 18.0 Å². The molecule has 9 heteroatoms. The summed E-state index contributed by atoms with van der Waals surface area (Å²) in [5, 5.41) is 2.23. The molecule has 0 saturated heterocycles. The molecule has 1 amide bonds. The number of carbonyl (C=O) groups is 1. The lowest BCUT2D eigenvalue weighted by Gasteiger charge is -2.09. The number of aromatic nitrogens is 2. The minimum Gasteiger partial charge on any atom is -0.342 e. The van der Waals surface area contributed by atoms with E-state index < -0.39 is 18.6 Å². The number of hydrogen-bond donors (Lipinski definition) is 1. The van der Waals surface area contributed by atoms with Gasteiger partial charge in [0.2, 0.25) is 0 Å². The number of imidazole rings is 1. The molecule has 1 aromatic heterocycles. The van der Waals surface area contributed by atoms with Crippen LogP contribution in [0.5, 0.6) is 0 Å². The SMILES string of the molecule is O=C(NCC(F)(F)F)c1cn(-c2ccc(Br)cc2)c(-c2ccccc2Cl)n1. The zero-order valence-electron chi connectivity index (χ0n) is 13.6. The fraction of sp³-hybridized carbons (Fsp3) is 0.111. The van der Waals surface area contributed by atoms with Crippen LogP contribution in [0.1, 0.15) is 10.5 Å². The van der Waals surface area contributed by atoms with E-state index >= 15 is 0 Å². The summed E-state index contributed by atoms with van der Waals surface area (Å²) in [5.41, 5.74) is 1.09. The van der Waals surface area contributed by atoms with Crippen molar-refractivity contribution < 1.29 is 18.0 Å². The van der Waals surface area contributed by atoms with E-state index in [1.54, 1.807) is 53.1 Å². The average molecular weight is 459 g/mol. The lowest BCUT2D eigenvalue weighted by molar-refractivity contribution is -0.123. The Labute approximate surface area is 166 Å². The lowest BCUT2D eigenvalue weighted by atomic mass is 10.2. The maximum Gasteiger partial charge on any atom is 0.405 e. The molecule has 3 aromatic rings. The number of nitrogens with one attached hydrogen (secondary N) is 1. The molecule has 2 aromatic carbocycles. The molecule has 1 heterocycles. The summed E-state index contributed by atoms with van der Waals surface area (Å²) in [6.45, 7) is -1.43. The average Bonchev–Trinajstić information content (AvgIpc) is 3.05. The fourth-order valence-electron chi connectivity index (χ4n) is 2.39. The van der Waals surface area contributed by atoms with Gasteiger partial charge < -0.3 is 5.32 Å². The van der Waals surface area contributed by atoms with Crippen LogP contribution in [-0.2, 0) is 0 Å². The van der Waals surface area contributed by atoms with Crippen molar-refractivity contribution in [2.75, 3.05) is 6.54 Å². The molecule has 0 fully saturated rings. The molecule has 0 aliphatic heterocycles. The molecule has 0 aliphatic rings. The zero-order valence-corrected chi connectivity index (χ0v) is 15.9. The van der Waals surface area contributed by atoms with Crippen LogP contribution in [0.2, 0.25) is 5.02 Å². The highest BCUT2D eigenvalue weighted by atomic mass is 79.9. The van der Waals surface area contributed by atoms with Gasteiger partial charge in [-0.15, -0.1) is 0 Å². The van der Waals surface area contributed by atoms with Gasteiger partial charge in [0.05, 0.1) is 5.02 Å². The summed E-state index contributed by atoms with van der Waals surface area (Å²) in [4.78, 5) is 16.4. The third-order valence-corrected chi connectivity index (χ3v) is 4.47. The van der Waals surface area contributed by atoms with Crippen molar-refractivity contribution in [3.05, 3.63) is 69.9 Å². The van der Waals surface area contributed by atoms with Crippen molar-refractivity contribution in [2.24, 2.45) is 0 Å². The predicted octanol–water partition coefficient (Wildman–Crippen LogP) is 5.25. The summed E-state index contributed by atoms with van der Waals surface area (Å²) in [5.74, 6) is -0.573. The standard InChI is InChI=1S/C18H12BrClF3N3O/c19-11-5-7-12(8-6-11)26-9-15(17(27)24-10-18(21,22)23)25-16(26)13-3-1-2-4-14(13)20/h1-9H,10H2,(H,24,27). The van der Waals surface area contributed by atoms with Gasteiger partial charge in [-0.05, 0) is 36.4 Å². The Hall–Kier alpha value is -2.32. The minimum atomic E-state index is -4.50. The summed E-state index contributed by atoms with van der Waals surface area (Å²) >= 11 is 9.59. The fourth-order valence-corrected chi connectivity index (χ4v) is 2.88. The Morgan fingerprint density at radius 2 is 1.81 bits per heavy atom. The number of alkyl halides is 3. The van der Waals surface area contributed by atoms with E-state index in [0.29, 0.717) is 22.1 Å². The van der Waals surface area contributed by atoms with Crippen LogP contribution < -0.4 is 5.32 Å². The van der Waals surface area contributed by atoms with Gasteiger partial charge >= 0.3 is 6.18 Å². The third kappa shape index (κ3) is 4.70. The molecule has 3 rings (SSSR count). The van der Waals surface area contributed by atoms with Crippen LogP contribution in [0.25, 0.3) is 17.1 Å². The van der Waals surface area contributed by atoms with Crippen LogP contribution >= 0.6 is 27.5 Å². The second-order valence-corrected chi connectivity index (χ2v) is 6.90. The number of carbonyl (C=O) groups excluding carboxylic acids is 1. The minimum absolute atomic E-state index is 0.142. The summed E-state index contributed by atoms with van der Waals surface area (Å²) < 4.78 is 39.6. The van der Waals surface area contributed by atoms with Crippen molar-refractivity contribution in [3.8, 4) is 17.1 Å². The number of nitrogens with zero attached hydrogens (tertiary/aromatic N) is 2. The normalized spacial score (nSPS) is 11.4. The van der Waals surface area contributed by atoms with Gasteiger partial charge in [0.25, 0.3) is 5.91 Å². The Morgan fingerprint density at radius 1 is 1.15 bits per heavy atom. The molecule has 0 spiro atoms. The van der Waals surface area contributed by atoms with Crippen LogP contribution in [-0.4, -0.2) is 28.2 Å². The maximum absolute atomic E-state index is 12.4. The smallest absolute Gasteiger partial charge is 0.342 e. The molecule has 27 heavy (non-hydrogen) atoms. The maximum atomic E-state index is 12.4. The first-order chi connectivity index (χ1) is 12.7. The van der Waals surface area contributed by atoms with Crippen molar-refractivity contribution >= 4 is 33.4 Å². The van der Waals surface area contributed by atoms with E-state index in [1.807, 2.05) is 5.32 Å². The molecular weight excluding hydrogens is 447 g/mol. The summed E-state index contributed by atoms with van der Waals surface area (Å²) in [6, 6.07) is 14.1. The van der Waals surface area contributed by atoms with Gasteiger partial charge in [-0.3, -0.25) is 9.36 Å². The number of halogens is 5. The molecule has 0 bridgehead atoms. The number of benzene rings is 2. The molecule has 4 nitrogen and oxygen atoms in total. The largest absolute Gasteiger partial charge is 0.405 e. The Bertz CT molecular complexity index is 971. The topological polar surface area (TPSA) is 46.9 Å². The van der Waals surface area contributed by atoms with Crippen molar-refractivity contribution in [1.29, 1.82) is 0 Å². The van der Waals surface area contributed by atoms with E-state index in [2.05, 4.69) is 20.9 Å². The molecule has 0 aliphatic carbocycles. The zero-order chi connectivity index (χ0) is 19.6. The highest BCUT2D eigenvalue weighted by Gasteiger charge is 2.28. The molecule has 0 unspecified atom stereocenters. The highest BCUT2D eigenvalue weighted by Crippen LogP contribution is 2.29. The first kappa shape index (κ1) is 19.4.